The number of hydrogen-bond donors (Lipinski definition) is 3. The minimum Gasteiger partial charge on any atom is -0.480 e. The SMILES string of the molecule is CSCCC(=O)N[C@H](CCC(N)=O)C(=O)O. The van der Waals surface area contributed by atoms with Crippen LogP contribution < -0.4 is 11.1 Å². The summed E-state index contributed by atoms with van der Waals surface area (Å²) in [6, 6.07) is -1.04. The molecule has 92 valence electrons. The second-order valence-electron chi connectivity index (χ2n) is 3.21. The Morgan fingerprint density at radius 2 is 2.00 bits per heavy atom. The van der Waals surface area contributed by atoms with E-state index in [4.69, 9.17) is 10.8 Å². The highest BCUT2D eigenvalue weighted by Crippen LogP contribution is 2.00. The van der Waals surface area contributed by atoms with Crippen molar-refractivity contribution >= 4 is 29.5 Å². The first-order chi connectivity index (χ1) is 7.47. The first-order valence-electron chi connectivity index (χ1n) is 4.76. The van der Waals surface area contributed by atoms with E-state index in [-0.39, 0.29) is 25.2 Å². The minimum atomic E-state index is -1.15. The molecule has 0 rings (SSSR count). The molecule has 0 fully saturated rings. The Hall–Kier alpha value is -1.24. The topological polar surface area (TPSA) is 109 Å². The molecule has 0 aromatic heterocycles. The van der Waals surface area contributed by atoms with Gasteiger partial charge in [-0.15, -0.1) is 0 Å². The van der Waals surface area contributed by atoms with Crippen molar-refractivity contribution in [2.24, 2.45) is 5.73 Å². The van der Waals surface area contributed by atoms with Crippen LogP contribution in [0.4, 0.5) is 0 Å². The molecule has 0 unspecified atom stereocenters. The molecular weight excluding hydrogens is 232 g/mol. The van der Waals surface area contributed by atoms with Crippen molar-refractivity contribution in [3.05, 3.63) is 0 Å². The van der Waals surface area contributed by atoms with E-state index in [1.165, 1.54) is 11.8 Å². The summed E-state index contributed by atoms with van der Waals surface area (Å²) in [6.45, 7) is 0. The predicted octanol–water partition coefficient (Wildman–Crippen LogP) is -0.426. The summed E-state index contributed by atoms with van der Waals surface area (Å²) in [6.07, 6.45) is 2.09. The molecule has 4 N–H and O–H groups in total. The van der Waals surface area contributed by atoms with Crippen LogP contribution in [0, 0.1) is 0 Å². The Balaban J connectivity index is 4.07. The maximum Gasteiger partial charge on any atom is 0.326 e. The standard InChI is InChI=1S/C9H16N2O4S/c1-16-5-4-8(13)11-6(9(14)15)2-3-7(10)12/h6H,2-5H2,1H3,(H2,10,12)(H,11,13)(H,14,15)/t6-/m1/s1. The molecule has 1 atom stereocenters. The Labute approximate surface area is 98.0 Å². The van der Waals surface area contributed by atoms with Gasteiger partial charge in [-0.2, -0.15) is 11.8 Å². The van der Waals surface area contributed by atoms with Gasteiger partial charge in [0.2, 0.25) is 11.8 Å². The van der Waals surface area contributed by atoms with Crippen molar-refractivity contribution in [3.8, 4) is 0 Å². The largest absolute Gasteiger partial charge is 0.480 e. The fourth-order valence-electron chi connectivity index (χ4n) is 1.01. The quantitative estimate of drug-likeness (QED) is 0.540. The van der Waals surface area contributed by atoms with Crippen molar-refractivity contribution in [1.29, 1.82) is 0 Å². The number of carbonyl (C=O) groups is 3. The third kappa shape index (κ3) is 7.10. The summed E-state index contributed by atoms with van der Waals surface area (Å²) < 4.78 is 0. The highest BCUT2D eigenvalue weighted by Gasteiger charge is 2.19. The number of nitrogens with two attached hydrogens (primary N) is 1. The molecule has 7 heteroatoms. The first kappa shape index (κ1) is 14.8. The van der Waals surface area contributed by atoms with E-state index in [0.29, 0.717) is 5.75 Å². The van der Waals surface area contributed by atoms with E-state index >= 15 is 0 Å². The fraction of sp³-hybridized carbons (Fsp3) is 0.667. The second kappa shape index (κ2) is 7.98. The van der Waals surface area contributed by atoms with Gasteiger partial charge in [-0.1, -0.05) is 0 Å². The van der Waals surface area contributed by atoms with E-state index in [9.17, 15) is 14.4 Å². The van der Waals surface area contributed by atoms with E-state index < -0.39 is 17.9 Å². The lowest BCUT2D eigenvalue weighted by Gasteiger charge is -2.13. The van der Waals surface area contributed by atoms with Gasteiger partial charge in [0.1, 0.15) is 6.04 Å². The van der Waals surface area contributed by atoms with Gasteiger partial charge in [0, 0.05) is 18.6 Å². The lowest BCUT2D eigenvalue weighted by atomic mass is 10.1. The molecule has 0 spiro atoms. The highest BCUT2D eigenvalue weighted by atomic mass is 32.2. The molecule has 0 radical (unpaired) electrons. The van der Waals surface area contributed by atoms with Gasteiger partial charge < -0.3 is 16.2 Å². The molecule has 16 heavy (non-hydrogen) atoms. The van der Waals surface area contributed by atoms with Crippen LogP contribution >= 0.6 is 11.8 Å². The number of rotatable bonds is 8. The van der Waals surface area contributed by atoms with Gasteiger partial charge in [-0.3, -0.25) is 9.59 Å². The molecule has 6 nitrogen and oxygen atoms in total. The van der Waals surface area contributed by atoms with Gasteiger partial charge in [0.15, 0.2) is 0 Å². The molecule has 0 heterocycles. The zero-order valence-corrected chi connectivity index (χ0v) is 9.88. The Morgan fingerprint density at radius 3 is 2.44 bits per heavy atom. The van der Waals surface area contributed by atoms with Crippen LogP contribution in [-0.2, 0) is 14.4 Å². The number of carboxylic acids is 1. The van der Waals surface area contributed by atoms with E-state index in [1.54, 1.807) is 0 Å². The monoisotopic (exact) mass is 248 g/mol. The van der Waals surface area contributed by atoms with Gasteiger partial charge in [0.05, 0.1) is 0 Å². The van der Waals surface area contributed by atoms with Crippen LogP contribution in [0.1, 0.15) is 19.3 Å². The first-order valence-corrected chi connectivity index (χ1v) is 6.16. The maximum atomic E-state index is 11.3. The molecule has 0 aliphatic rings. The molecule has 0 saturated heterocycles. The number of carbonyl (C=O) groups excluding carboxylic acids is 2. The van der Waals surface area contributed by atoms with E-state index in [2.05, 4.69) is 5.32 Å². The smallest absolute Gasteiger partial charge is 0.326 e. The number of carboxylic acid groups (broad SMARTS) is 1. The van der Waals surface area contributed by atoms with Crippen LogP contribution in [-0.4, -0.2) is 40.9 Å². The zero-order valence-electron chi connectivity index (χ0n) is 9.06. The summed E-state index contributed by atoms with van der Waals surface area (Å²) in [4.78, 5) is 32.5. The van der Waals surface area contributed by atoms with Crippen LogP contribution in [0.15, 0.2) is 0 Å². The normalized spacial score (nSPS) is 11.8. The molecule has 0 saturated carbocycles. The Kier molecular flexibility index (Phi) is 7.36. The molecule has 2 amide bonds. The van der Waals surface area contributed by atoms with Gasteiger partial charge >= 0.3 is 5.97 Å². The van der Waals surface area contributed by atoms with Crippen molar-refractivity contribution in [2.75, 3.05) is 12.0 Å². The summed E-state index contributed by atoms with van der Waals surface area (Å²) >= 11 is 1.50. The predicted molar refractivity (Wildman–Crippen MR) is 61.0 cm³/mol. The zero-order chi connectivity index (χ0) is 12.6. The second-order valence-corrected chi connectivity index (χ2v) is 4.19. The Morgan fingerprint density at radius 1 is 1.38 bits per heavy atom. The third-order valence-electron chi connectivity index (χ3n) is 1.85. The van der Waals surface area contributed by atoms with Crippen molar-refractivity contribution in [2.45, 2.75) is 25.3 Å². The number of hydrogen-bond acceptors (Lipinski definition) is 4. The molecular formula is C9H16N2O4S. The summed E-state index contributed by atoms with van der Waals surface area (Å²) in [5, 5.41) is 11.1. The molecule has 0 aromatic rings. The van der Waals surface area contributed by atoms with Gasteiger partial charge in [-0.25, -0.2) is 4.79 Å². The minimum absolute atomic E-state index is 0.0235. The van der Waals surface area contributed by atoms with Crippen LogP contribution in [0.5, 0.6) is 0 Å². The maximum absolute atomic E-state index is 11.3. The van der Waals surface area contributed by atoms with Crippen molar-refractivity contribution in [1.82, 2.24) is 5.32 Å². The van der Waals surface area contributed by atoms with Gasteiger partial charge in [0.25, 0.3) is 0 Å². The highest BCUT2D eigenvalue weighted by molar-refractivity contribution is 7.98. The van der Waals surface area contributed by atoms with Crippen LogP contribution in [0.3, 0.4) is 0 Å². The number of thioether (sulfide) groups is 1. The summed E-state index contributed by atoms with van der Waals surface area (Å²) in [7, 11) is 0. The summed E-state index contributed by atoms with van der Waals surface area (Å²) in [5.74, 6) is -1.43. The lowest BCUT2D eigenvalue weighted by Crippen LogP contribution is -2.41. The Bertz CT molecular complexity index is 270. The fourth-order valence-corrected chi connectivity index (χ4v) is 1.39. The van der Waals surface area contributed by atoms with E-state index in [0.717, 1.165) is 0 Å². The average molecular weight is 248 g/mol. The molecule has 0 aliphatic carbocycles. The van der Waals surface area contributed by atoms with Crippen molar-refractivity contribution < 1.29 is 19.5 Å². The lowest BCUT2D eigenvalue weighted by molar-refractivity contribution is -0.142. The number of aliphatic carboxylic acids is 1. The number of amides is 2. The van der Waals surface area contributed by atoms with Crippen LogP contribution in [0.25, 0.3) is 0 Å². The summed E-state index contributed by atoms with van der Waals surface area (Å²) in [5.41, 5.74) is 4.90. The number of nitrogens with one attached hydrogen (secondary N) is 1. The molecule has 0 aromatic carbocycles. The average Bonchev–Trinajstić information content (AvgIpc) is 2.20. The number of primary amides is 1. The van der Waals surface area contributed by atoms with Crippen molar-refractivity contribution in [3.63, 3.8) is 0 Å². The van der Waals surface area contributed by atoms with Crippen LogP contribution in [0.2, 0.25) is 0 Å². The van der Waals surface area contributed by atoms with E-state index in [1.807, 2.05) is 6.26 Å². The third-order valence-corrected chi connectivity index (χ3v) is 2.46. The molecule has 0 aliphatic heterocycles. The molecule has 0 bridgehead atoms. The van der Waals surface area contributed by atoms with Gasteiger partial charge in [-0.05, 0) is 12.7 Å².